The number of pyridine rings is 1. The van der Waals surface area contributed by atoms with Crippen LogP contribution in [-0.4, -0.2) is 63.9 Å². The second-order valence-electron chi connectivity index (χ2n) is 10.5. The highest BCUT2D eigenvalue weighted by molar-refractivity contribution is 7.80. The molecule has 2 aliphatic rings. The summed E-state index contributed by atoms with van der Waals surface area (Å²) in [5, 5.41) is 4.45. The van der Waals surface area contributed by atoms with Crippen LogP contribution in [-0.2, 0) is 4.74 Å². The highest BCUT2D eigenvalue weighted by Gasteiger charge is 2.41. The molecule has 37 heavy (non-hydrogen) atoms. The van der Waals surface area contributed by atoms with Crippen LogP contribution < -0.4 is 5.32 Å². The van der Waals surface area contributed by atoms with Gasteiger partial charge in [-0.15, -0.1) is 0 Å². The Kier molecular flexibility index (Phi) is 7.65. The normalized spacial score (nSPS) is 20.5. The molecule has 2 aliphatic heterocycles. The molecular weight excluding hydrogens is 478 g/mol. The van der Waals surface area contributed by atoms with Gasteiger partial charge in [0.1, 0.15) is 0 Å². The zero-order chi connectivity index (χ0) is 26.1. The summed E-state index contributed by atoms with van der Waals surface area (Å²) in [6.07, 6.45) is 2.93. The van der Waals surface area contributed by atoms with E-state index in [1.807, 2.05) is 12.3 Å². The molecule has 196 valence electrons. The van der Waals surface area contributed by atoms with Gasteiger partial charge in [0, 0.05) is 43.8 Å². The van der Waals surface area contributed by atoms with Crippen molar-refractivity contribution in [2.24, 2.45) is 0 Å². The summed E-state index contributed by atoms with van der Waals surface area (Å²) in [6.45, 7) is 16.7. The molecule has 0 aliphatic carbocycles. The van der Waals surface area contributed by atoms with Gasteiger partial charge in [0.15, 0.2) is 5.11 Å². The summed E-state index contributed by atoms with van der Waals surface area (Å²) >= 11 is 5.94. The topological polar surface area (TPSA) is 45.6 Å². The lowest BCUT2D eigenvalue weighted by molar-refractivity contribution is 0.0365. The smallest absolute Gasteiger partial charge is 0.170 e. The van der Waals surface area contributed by atoms with Gasteiger partial charge in [0.2, 0.25) is 0 Å². The van der Waals surface area contributed by atoms with Crippen LogP contribution in [0.15, 0.2) is 42.6 Å². The molecule has 7 heteroatoms. The molecule has 0 amide bonds. The molecule has 0 bridgehead atoms. The van der Waals surface area contributed by atoms with E-state index in [1.165, 1.54) is 39.3 Å². The van der Waals surface area contributed by atoms with Crippen LogP contribution in [0.2, 0.25) is 0 Å². The first-order valence-electron chi connectivity index (χ1n) is 13.4. The van der Waals surface area contributed by atoms with Gasteiger partial charge in [-0.2, -0.15) is 0 Å². The Labute approximate surface area is 226 Å². The fraction of sp³-hybridized carbons (Fsp3) is 0.467. The number of nitrogens with one attached hydrogen (secondary N) is 1. The Morgan fingerprint density at radius 3 is 2.41 bits per heavy atom. The Morgan fingerprint density at radius 2 is 1.73 bits per heavy atom. The van der Waals surface area contributed by atoms with Gasteiger partial charge in [-0.3, -0.25) is 9.88 Å². The first kappa shape index (κ1) is 25.9. The van der Waals surface area contributed by atoms with E-state index in [2.05, 4.69) is 84.6 Å². The van der Waals surface area contributed by atoms with Crippen LogP contribution >= 0.6 is 12.2 Å². The molecule has 0 spiro atoms. The number of aromatic nitrogens is 2. The van der Waals surface area contributed by atoms with E-state index in [-0.39, 0.29) is 12.1 Å². The third-order valence-corrected chi connectivity index (χ3v) is 8.18. The van der Waals surface area contributed by atoms with Gasteiger partial charge in [0.05, 0.1) is 36.7 Å². The minimum absolute atomic E-state index is 0.00579. The Morgan fingerprint density at radius 1 is 1.00 bits per heavy atom. The molecule has 2 saturated heterocycles. The van der Waals surface area contributed by atoms with Crippen LogP contribution in [0.5, 0.6) is 0 Å². The highest BCUT2D eigenvalue weighted by Crippen LogP contribution is 2.42. The van der Waals surface area contributed by atoms with Crippen molar-refractivity contribution in [3.8, 4) is 5.69 Å². The number of benzene rings is 1. The van der Waals surface area contributed by atoms with E-state index in [1.54, 1.807) is 0 Å². The van der Waals surface area contributed by atoms with Gasteiger partial charge in [-0.25, -0.2) is 0 Å². The molecule has 1 aromatic carbocycles. The van der Waals surface area contributed by atoms with Crippen molar-refractivity contribution in [2.45, 2.75) is 53.1 Å². The lowest BCUT2D eigenvalue weighted by atomic mass is 9.96. The second kappa shape index (κ2) is 10.9. The molecule has 0 unspecified atom stereocenters. The second-order valence-corrected chi connectivity index (χ2v) is 10.9. The molecular formula is C30H39N5OS. The minimum Gasteiger partial charge on any atom is -0.379 e. The van der Waals surface area contributed by atoms with E-state index >= 15 is 0 Å². The van der Waals surface area contributed by atoms with E-state index in [9.17, 15) is 0 Å². The molecule has 0 saturated carbocycles. The first-order valence-corrected chi connectivity index (χ1v) is 13.8. The predicted molar refractivity (Wildman–Crippen MR) is 153 cm³/mol. The van der Waals surface area contributed by atoms with Crippen LogP contribution in [0.4, 0.5) is 0 Å². The molecule has 2 atom stereocenters. The predicted octanol–water partition coefficient (Wildman–Crippen LogP) is 5.11. The van der Waals surface area contributed by atoms with Crippen LogP contribution in [0.3, 0.4) is 0 Å². The molecule has 0 radical (unpaired) electrons. The molecule has 1 N–H and O–H groups in total. The lowest BCUT2D eigenvalue weighted by Crippen LogP contribution is -2.39. The number of thiocarbonyl (C=S) groups is 1. The fourth-order valence-corrected chi connectivity index (χ4v) is 6.56. The lowest BCUT2D eigenvalue weighted by Gasteiger charge is -2.30. The Bertz CT molecular complexity index is 1240. The van der Waals surface area contributed by atoms with Crippen LogP contribution in [0, 0.1) is 34.6 Å². The zero-order valence-electron chi connectivity index (χ0n) is 22.8. The first-order chi connectivity index (χ1) is 17.8. The summed E-state index contributed by atoms with van der Waals surface area (Å²) in [6, 6.07) is 13.2. The Hall–Kier alpha value is -2.74. The Balaban J connectivity index is 1.51. The molecule has 2 aromatic heterocycles. The number of aryl methyl sites for hydroxylation is 4. The standard InChI is InChI=1S/C30H39N5OS/c1-20-17-21(2)28(22(3)18-20)35-23(4)19-25(24(35)5)29-27(26-9-6-7-10-31-26)32-30(37)34(29)12-8-11-33-13-15-36-16-14-33/h6-7,9-10,17-19,27,29H,8,11-16H2,1-5H3,(H,32,37)/t27-,29+/m1/s1. The van der Waals surface area contributed by atoms with Gasteiger partial charge >= 0.3 is 0 Å². The average molecular weight is 518 g/mol. The highest BCUT2D eigenvalue weighted by atomic mass is 32.1. The van der Waals surface area contributed by atoms with E-state index < -0.39 is 0 Å². The van der Waals surface area contributed by atoms with E-state index in [0.29, 0.717) is 0 Å². The van der Waals surface area contributed by atoms with E-state index in [4.69, 9.17) is 21.9 Å². The fourth-order valence-electron chi connectivity index (χ4n) is 6.23. The third-order valence-electron chi connectivity index (χ3n) is 7.82. The summed E-state index contributed by atoms with van der Waals surface area (Å²) < 4.78 is 7.96. The van der Waals surface area contributed by atoms with Gasteiger partial charge < -0.3 is 19.5 Å². The van der Waals surface area contributed by atoms with Crippen molar-refractivity contribution < 1.29 is 4.74 Å². The number of hydrogen-bond donors (Lipinski definition) is 1. The van der Waals surface area contributed by atoms with Crippen LogP contribution in [0.1, 0.15) is 57.8 Å². The van der Waals surface area contributed by atoms with Crippen molar-refractivity contribution >= 4 is 17.3 Å². The van der Waals surface area contributed by atoms with Crippen molar-refractivity contribution in [1.29, 1.82) is 0 Å². The molecule has 6 nitrogen and oxygen atoms in total. The molecule has 2 fully saturated rings. The van der Waals surface area contributed by atoms with Gasteiger partial charge in [0.25, 0.3) is 0 Å². The molecule has 5 rings (SSSR count). The minimum atomic E-state index is 0.00579. The SMILES string of the molecule is Cc1cc(C)c(-n2c(C)cc([C@H]3[C@@H](c4ccccn4)NC(=S)N3CCCN3CCOCC3)c2C)c(C)c1. The van der Waals surface area contributed by atoms with Crippen LogP contribution in [0.25, 0.3) is 5.69 Å². The summed E-state index contributed by atoms with van der Waals surface area (Å²) in [7, 11) is 0. The number of nitrogens with zero attached hydrogens (tertiary/aromatic N) is 4. The number of hydrogen-bond acceptors (Lipinski definition) is 4. The number of ether oxygens (including phenoxy) is 1. The quantitative estimate of drug-likeness (QED) is 0.440. The van der Waals surface area contributed by atoms with Crippen molar-refractivity contribution in [2.75, 3.05) is 39.4 Å². The molecule has 4 heterocycles. The zero-order valence-corrected chi connectivity index (χ0v) is 23.6. The molecule has 3 aromatic rings. The van der Waals surface area contributed by atoms with Crippen molar-refractivity contribution in [3.63, 3.8) is 0 Å². The summed E-state index contributed by atoms with van der Waals surface area (Å²) in [5.41, 5.74) is 10.0. The van der Waals surface area contributed by atoms with Crippen molar-refractivity contribution in [3.05, 3.63) is 81.9 Å². The average Bonchev–Trinajstić information content (AvgIpc) is 3.35. The number of rotatable bonds is 7. The number of morpholine rings is 1. The largest absolute Gasteiger partial charge is 0.379 e. The van der Waals surface area contributed by atoms with Gasteiger partial charge in [-0.05, 0) is 88.1 Å². The summed E-state index contributed by atoms with van der Waals surface area (Å²) in [4.78, 5) is 9.63. The monoisotopic (exact) mass is 517 g/mol. The summed E-state index contributed by atoms with van der Waals surface area (Å²) in [5.74, 6) is 0. The maximum atomic E-state index is 5.94. The maximum absolute atomic E-state index is 5.94. The maximum Gasteiger partial charge on any atom is 0.170 e. The van der Waals surface area contributed by atoms with Crippen molar-refractivity contribution in [1.82, 2.24) is 24.7 Å². The third kappa shape index (κ3) is 5.17. The van der Waals surface area contributed by atoms with Gasteiger partial charge in [-0.1, -0.05) is 23.8 Å². The van der Waals surface area contributed by atoms with E-state index in [0.717, 1.165) is 56.6 Å².